The number of hydrogen-bond acceptors (Lipinski definition) is 3. The Bertz CT molecular complexity index is 609. The Balaban J connectivity index is 1.92. The number of aromatic nitrogens is 2. The molecule has 1 aromatic carbocycles. The third-order valence-electron chi connectivity index (χ3n) is 3.43. The average molecular weight is 261 g/mol. The van der Waals surface area contributed by atoms with Gasteiger partial charge in [0.25, 0.3) is 0 Å². The maximum absolute atomic E-state index is 13.2. The second-order valence-electron chi connectivity index (χ2n) is 4.86. The zero-order valence-corrected chi connectivity index (χ0v) is 10.2. The van der Waals surface area contributed by atoms with Crippen LogP contribution in [-0.2, 0) is 0 Å². The standard InChI is InChI=1S/C14H13F2N3/c15-11-2-1-8(7-12(11)16)13-3-4-18-14(19-13)9-5-10(17)6-9/h1-4,7,9-10H,5-6,17H2. The Morgan fingerprint density at radius 1 is 1.11 bits per heavy atom. The summed E-state index contributed by atoms with van der Waals surface area (Å²) in [7, 11) is 0. The van der Waals surface area contributed by atoms with Crippen LogP contribution in [0.15, 0.2) is 30.5 Å². The third-order valence-corrected chi connectivity index (χ3v) is 3.43. The van der Waals surface area contributed by atoms with Gasteiger partial charge < -0.3 is 5.73 Å². The molecule has 0 atom stereocenters. The van der Waals surface area contributed by atoms with Gasteiger partial charge >= 0.3 is 0 Å². The fraction of sp³-hybridized carbons (Fsp3) is 0.286. The number of nitrogens with zero attached hydrogens (tertiary/aromatic N) is 2. The molecule has 3 rings (SSSR count). The van der Waals surface area contributed by atoms with E-state index in [-0.39, 0.29) is 12.0 Å². The van der Waals surface area contributed by atoms with Crippen LogP contribution < -0.4 is 5.73 Å². The molecule has 1 fully saturated rings. The molecule has 1 aromatic heterocycles. The van der Waals surface area contributed by atoms with E-state index in [9.17, 15) is 8.78 Å². The largest absolute Gasteiger partial charge is 0.328 e. The molecule has 2 N–H and O–H groups in total. The number of rotatable bonds is 2. The van der Waals surface area contributed by atoms with E-state index < -0.39 is 11.6 Å². The number of benzene rings is 1. The monoisotopic (exact) mass is 261 g/mol. The summed E-state index contributed by atoms with van der Waals surface area (Å²) < 4.78 is 26.1. The molecule has 0 bridgehead atoms. The smallest absolute Gasteiger partial charge is 0.159 e. The lowest BCUT2D eigenvalue weighted by molar-refractivity contribution is 0.338. The molecule has 0 amide bonds. The van der Waals surface area contributed by atoms with Crippen LogP contribution in [0.2, 0.25) is 0 Å². The van der Waals surface area contributed by atoms with Gasteiger partial charge in [0.15, 0.2) is 11.6 Å². The molecule has 1 aliphatic carbocycles. The highest BCUT2D eigenvalue weighted by Gasteiger charge is 2.29. The molecule has 1 aliphatic rings. The molecule has 5 heteroatoms. The van der Waals surface area contributed by atoms with Crippen LogP contribution >= 0.6 is 0 Å². The Morgan fingerprint density at radius 2 is 1.89 bits per heavy atom. The van der Waals surface area contributed by atoms with Gasteiger partial charge in [-0.05, 0) is 37.1 Å². The van der Waals surface area contributed by atoms with Gasteiger partial charge in [0.1, 0.15) is 5.82 Å². The Morgan fingerprint density at radius 3 is 2.58 bits per heavy atom. The SMILES string of the molecule is NC1CC(c2nccc(-c3ccc(F)c(F)c3)n2)C1. The number of nitrogens with two attached hydrogens (primary N) is 1. The molecule has 0 radical (unpaired) electrons. The maximum Gasteiger partial charge on any atom is 0.159 e. The fourth-order valence-electron chi connectivity index (χ4n) is 2.26. The van der Waals surface area contributed by atoms with Crippen molar-refractivity contribution >= 4 is 0 Å². The highest BCUT2D eigenvalue weighted by Crippen LogP contribution is 2.34. The molecule has 19 heavy (non-hydrogen) atoms. The summed E-state index contributed by atoms with van der Waals surface area (Å²) >= 11 is 0. The van der Waals surface area contributed by atoms with E-state index in [4.69, 9.17) is 5.73 Å². The molecule has 0 saturated heterocycles. The summed E-state index contributed by atoms with van der Waals surface area (Å²) in [5.74, 6) is -0.726. The van der Waals surface area contributed by atoms with Gasteiger partial charge in [0.05, 0.1) is 5.69 Å². The molecule has 1 saturated carbocycles. The van der Waals surface area contributed by atoms with Crippen molar-refractivity contribution in [3.05, 3.63) is 47.9 Å². The first-order valence-corrected chi connectivity index (χ1v) is 6.17. The Kier molecular flexibility index (Phi) is 2.98. The van der Waals surface area contributed by atoms with Crippen molar-refractivity contribution in [1.29, 1.82) is 0 Å². The molecule has 0 unspecified atom stereocenters. The lowest BCUT2D eigenvalue weighted by Crippen LogP contribution is -2.35. The van der Waals surface area contributed by atoms with E-state index >= 15 is 0 Å². The molecular formula is C14H13F2N3. The second-order valence-corrected chi connectivity index (χ2v) is 4.86. The normalized spacial score (nSPS) is 22.1. The van der Waals surface area contributed by atoms with Crippen molar-refractivity contribution < 1.29 is 8.78 Å². The summed E-state index contributed by atoms with van der Waals surface area (Å²) in [6.07, 6.45) is 3.39. The maximum atomic E-state index is 13.2. The van der Waals surface area contributed by atoms with Crippen LogP contribution in [-0.4, -0.2) is 16.0 Å². The summed E-state index contributed by atoms with van der Waals surface area (Å²) in [5, 5.41) is 0. The Labute approximate surface area is 109 Å². The van der Waals surface area contributed by atoms with Crippen LogP contribution in [0.25, 0.3) is 11.3 Å². The summed E-state index contributed by atoms with van der Waals surface area (Å²) in [6, 6.07) is 5.67. The first-order valence-electron chi connectivity index (χ1n) is 6.17. The third kappa shape index (κ3) is 2.33. The van der Waals surface area contributed by atoms with Gasteiger partial charge in [-0.15, -0.1) is 0 Å². The first-order chi connectivity index (χ1) is 9.13. The summed E-state index contributed by atoms with van der Waals surface area (Å²) in [4.78, 5) is 8.64. The van der Waals surface area contributed by atoms with Gasteiger partial charge in [-0.3, -0.25) is 0 Å². The highest BCUT2D eigenvalue weighted by atomic mass is 19.2. The van der Waals surface area contributed by atoms with Crippen LogP contribution in [0, 0.1) is 11.6 Å². The number of halogens is 2. The Hall–Kier alpha value is -1.88. The molecule has 98 valence electrons. The van der Waals surface area contributed by atoms with Crippen molar-refractivity contribution in [2.45, 2.75) is 24.8 Å². The molecular weight excluding hydrogens is 248 g/mol. The van der Waals surface area contributed by atoms with Gasteiger partial charge in [0.2, 0.25) is 0 Å². The van der Waals surface area contributed by atoms with Gasteiger partial charge in [-0.25, -0.2) is 18.7 Å². The van der Waals surface area contributed by atoms with E-state index in [1.807, 2.05) is 0 Å². The van der Waals surface area contributed by atoms with Gasteiger partial charge in [-0.2, -0.15) is 0 Å². The van der Waals surface area contributed by atoms with Crippen molar-refractivity contribution in [2.24, 2.45) is 5.73 Å². The van der Waals surface area contributed by atoms with Crippen molar-refractivity contribution in [3.63, 3.8) is 0 Å². The second kappa shape index (κ2) is 4.66. The lowest BCUT2D eigenvalue weighted by Gasteiger charge is -2.31. The molecule has 1 heterocycles. The predicted molar refractivity (Wildman–Crippen MR) is 67.3 cm³/mol. The van der Waals surface area contributed by atoms with Gasteiger partial charge in [0, 0.05) is 23.7 Å². The van der Waals surface area contributed by atoms with E-state index in [1.165, 1.54) is 6.07 Å². The minimum absolute atomic E-state index is 0.223. The van der Waals surface area contributed by atoms with Gasteiger partial charge in [-0.1, -0.05) is 0 Å². The van der Waals surface area contributed by atoms with Crippen LogP contribution in [0.4, 0.5) is 8.78 Å². The topological polar surface area (TPSA) is 51.8 Å². The zero-order chi connectivity index (χ0) is 13.4. The van der Waals surface area contributed by atoms with Crippen molar-refractivity contribution in [3.8, 4) is 11.3 Å². The molecule has 2 aromatic rings. The highest BCUT2D eigenvalue weighted by molar-refractivity contribution is 5.58. The van der Waals surface area contributed by atoms with Crippen molar-refractivity contribution in [1.82, 2.24) is 9.97 Å². The van der Waals surface area contributed by atoms with Crippen LogP contribution in [0.5, 0.6) is 0 Å². The van der Waals surface area contributed by atoms with E-state index in [0.29, 0.717) is 11.3 Å². The van der Waals surface area contributed by atoms with Crippen LogP contribution in [0.1, 0.15) is 24.6 Å². The predicted octanol–water partition coefficient (Wildman–Crippen LogP) is 2.63. The van der Waals surface area contributed by atoms with E-state index in [2.05, 4.69) is 9.97 Å². The van der Waals surface area contributed by atoms with E-state index in [0.717, 1.165) is 30.8 Å². The molecule has 0 spiro atoms. The fourth-order valence-corrected chi connectivity index (χ4v) is 2.26. The minimum Gasteiger partial charge on any atom is -0.328 e. The quantitative estimate of drug-likeness (QED) is 0.904. The summed E-state index contributed by atoms with van der Waals surface area (Å²) in [6.45, 7) is 0. The number of hydrogen-bond donors (Lipinski definition) is 1. The lowest BCUT2D eigenvalue weighted by atomic mass is 9.80. The average Bonchev–Trinajstić information content (AvgIpc) is 2.38. The molecule has 0 aliphatic heterocycles. The summed E-state index contributed by atoms with van der Waals surface area (Å²) in [5.41, 5.74) is 6.89. The molecule has 3 nitrogen and oxygen atoms in total. The zero-order valence-electron chi connectivity index (χ0n) is 10.2. The van der Waals surface area contributed by atoms with Crippen LogP contribution in [0.3, 0.4) is 0 Å². The minimum atomic E-state index is -0.872. The first kappa shape index (κ1) is 12.2. The van der Waals surface area contributed by atoms with E-state index in [1.54, 1.807) is 12.3 Å². The van der Waals surface area contributed by atoms with Crippen molar-refractivity contribution in [2.75, 3.05) is 0 Å².